The number of halogens is 1. The molecule has 3 nitrogen and oxygen atoms in total. The molecule has 1 spiro atoms. The first-order valence-corrected chi connectivity index (χ1v) is 7.24. The Hall–Kier alpha value is -1.06. The van der Waals surface area contributed by atoms with Gasteiger partial charge in [-0.3, -0.25) is 4.79 Å². The lowest BCUT2D eigenvalue weighted by atomic mass is 9.92. The molecule has 4 heteroatoms. The van der Waals surface area contributed by atoms with Gasteiger partial charge in [-0.05, 0) is 55.8 Å². The molecule has 20 heavy (non-hydrogen) atoms. The Bertz CT molecular complexity index is 483. The highest BCUT2D eigenvalue weighted by Crippen LogP contribution is 2.58. The number of nitrogens with one attached hydrogen (secondary N) is 2. The quantitative estimate of drug-likeness (QED) is 0.899. The van der Waals surface area contributed by atoms with Gasteiger partial charge in [0.1, 0.15) is 0 Å². The van der Waals surface area contributed by atoms with Crippen LogP contribution in [0, 0.1) is 18.3 Å². The molecule has 1 saturated carbocycles. The number of benzene rings is 1. The molecule has 2 aliphatic rings. The van der Waals surface area contributed by atoms with Gasteiger partial charge in [-0.1, -0.05) is 24.3 Å². The van der Waals surface area contributed by atoms with Gasteiger partial charge < -0.3 is 10.6 Å². The highest BCUT2D eigenvalue weighted by Gasteiger charge is 2.57. The highest BCUT2D eigenvalue weighted by atomic mass is 35.5. The summed E-state index contributed by atoms with van der Waals surface area (Å²) in [7, 11) is 0. The molecule has 1 aliphatic carbocycles. The average Bonchev–Trinajstić information content (AvgIpc) is 3.12. The lowest BCUT2D eigenvalue weighted by Crippen LogP contribution is -2.33. The first-order chi connectivity index (χ1) is 9.21. The van der Waals surface area contributed by atoms with Gasteiger partial charge in [-0.2, -0.15) is 0 Å². The van der Waals surface area contributed by atoms with Crippen molar-refractivity contribution in [3.8, 4) is 0 Å². The number of piperidine rings is 1. The SMILES string of the molecule is Cc1ccccc1CNC(=O)C1CC12CCNCC2.Cl. The van der Waals surface area contributed by atoms with Gasteiger partial charge in [-0.15, -0.1) is 12.4 Å². The topological polar surface area (TPSA) is 41.1 Å². The van der Waals surface area contributed by atoms with Crippen molar-refractivity contribution in [2.45, 2.75) is 32.7 Å². The largest absolute Gasteiger partial charge is 0.352 e. The maximum absolute atomic E-state index is 12.2. The predicted molar refractivity (Wildman–Crippen MR) is 82.9 cm³/mol. The van der Waals surface area contributed by atoms with Crippen LogP contribution < -0.4 is 10.6 Å². The minimum absolute atomic E-state index is 0. The Morgan fingerprint density at radius 1 is 1.35 bits per heavy atom. The molecule has 3 rings (SSSR count). The van der Waals surface area contributed by atoms with Crippen molar-refractivity contribution in [2.75, 3.05) is 13.1 Å². The first kappa shape index (κ1) is 15.3. The molecule has 2 N–H and O–H groups in total. The van der Waals surface area contributed by atoms with Crippen LogP contribution in [0.15, 0.2) is 24.3 Å². The van der Waals surface area contributed by atoms with Crippen LogP contribution in [0.3, 0.4) is 0 Å². The summed E-state index contributed by atoms with van der Waals surface area (Å²) in [6, 6.07) is 8.24. The average molecular weight is 295 g/mol. The second kappa shape index (κ2) is 6.15. The molecule has 1 heterocycles. The van der Waals surface area contributed by atoms with E-state index >= 15 is 0 Å². The van der Waals surface area contributed by atoms with Crippen LogP contribution in [0.5, 0.6) is 0 Å². The van der Waals surface area contributed by atoms with Gasteiger partial charge in [0.25, 0.3) is 0 Å². The summed E-state index contributed by atoms with van der Waals surface area (Å²) in [5.74, 6) is 0.517. The smallest absolute Gasteiger partial charge is 0.223 e. The molecule has 1 aromatic rings. The molecular weight excluding hydrogens is 272 g/mol. The van der Waals surface area contributed by atoms with Gasteiger partial charge in [0, 0.05) is 12.5 Å². The summed E-state index contributed by atoms with van der Waals surface area (Å²) in [6.07, 6.45) is 3.42. The van der Waals surface area contributed by atoms with Crippen molar-refractivity contribution in [2.24, 2.45) is 11.3 Å². The molecule has 1 saturated heterocycles. The fourth-order valence-corrected chi connectivity index (χ4v) is 3.31. The number of amides is 1. The van der Waals surface area contributed by atoms with E-state index in [4.69, 9.17) is 0 Å². The van der Waals surface area contributed by atoms with E-state index in [1.807, 2.05) is 12.1 Å². The van der Waals surface area contributed by atoms with Crippen LogP contribution in [0.4, 0.5) is 0 Å². The molecular formula is C16H23ClN2O. The van der Waals surface area contributed by atoms with Gasteiger partial charge >= 0.3 is 0 Å². The standard InChI is InChI=1S/C16H22N2O.ClH/c1-12-4-2-3-5-13(12)11-18-15(19)14-10-16(14)6-8-17-9-7-16;/h2-5,14,17H,6-11H2,1H3,(H,18,19);1H. The third kappa shape index (κ3) is 2.99. The van der Waals surface area contributed by atoms with E-state index in [1.165, 1.54) is 11.1 Å². The Labute approximate surface area is 126 Å². The zero-order valence-electron chi connectivity index (χ0n) is 11.9. The van der Waals surface area contributed by atoms with E-state index in [-0.39, 0.29) is 24.2 Å². The zero-order chi connectivity index (χ0) is 13.3. The van der Waals surface area contributed by atoms with Crippen molar-refractivity contribution < 1.29 is 4.79 Å². The van der Waals surface area contributed by atoms with Crippen molar-refractivity contribution in [1.29, 1.82) is 0 Å². The van der Waals surface area contributed by atoms with Crippen LogP contribution in [0.25, 0.3) is 0 Å². The minimum Gasteiger partial charge on any atom is -0.352 e. The number of aryl methyl sites for hydroxylation is 1. The molecule has 2 fully saturated rings. The molecule has 1 amide bonds. The lowest BCUT2D eigenvalue weighted by Gasteiger charge is -2.23. The molecule has 1 aromatic carbocycles. The third-order valence-electron chi connectivity index (χ3n) is 4.82. The number of hydrogen-bond donors (Lipinski definition) is 2. The van der Waals surface area contributed by atoms with E-state index in [1.54, 1.807) is 0 Å². The molecule has 0 bridgehead atoms. The fraction of sp³-hybridized carbons (Fsp3) is 0.562. The summed E-state index contributed by atoms with van der Waals surface area (Å²) >= 11 is 0. The summed E-state index contributed by atoms with van der Waals surface area (Å²) in [5.41, 5.74) is 2.80. The summed E-state index contributed by atoms with van der Waals surface area (Å²) < 4.78 is 0. The van der Waals surface area contributed by atoms with E-state index in [9.17, 15) is 4.79 Å². The molecule has 0 aromatic heterocycles. The van der Waals surface area contributed by atoms with Crippen molar-refractivity contribution in [3.05, 3.63) is 35.4 Å². The van der Waals surface area contributed by atoms with E-state index < -0.39 is 0 Å². The third-order valence-corrected chi connectivity index (χ3v) is 4.82. The summed E-state index contributed by atoms with van der Waals surface area (Å²) in [6.45, 7) is 4.90. The summed E-state index contributed by atoms with van der Waals surface area (Å²) in [4.78, 5) is 12.2. The van der Waals surface area contributed by atoms with Gasteiger partial charge in [0.15, 0.2) is 0 Å². The fourth-order valence-electron chi connectivity index (χ4n) is 3.31. The van der Waals surface area contributed by atoms with Crippen LogP contribution in [-0.4, -0.2) is 19.0 Å². The van der Waals surface area contributed by atoms with Gasteiger partial charge in [0.2, 0.25) is 5.91 Å². The Balaban J connectivity index is 0.00000147. The van der Waals surface area contributed by atoms with Crippen molar-refractivity contribution in [1.82, 2.24) is 10.6 Å². The molecule has 0 radical (unpaired) electrons. The Morgan fingerprint density at radius 2 is 2.05 bits per heavy atom. The second-order valence-corrected chi connectivity index (χ2v) is 6.01. The first-order valence-electron chi connectivity index (χ1n) is 7.24. The minimum atomic E-state index is 0. The molecule has 110 valence electrons. The summed E-state index contributed by atoms with van der Waals surface area (Å²) in [5, 5.41) is 6.49. The van der Waals surface area contributed by atoms with Gasteiger partial charge in [-0.25, -0.2) is 0 Å². The molecule has 1 atom stereocenters. The Kier molecular flexibility index (Phi) is 4.71. The normalized spacial score (nSPS) is 22.9. The van der Waals surface area contributed by atoms with Crippen LogP contribution >= 0.6 is 12.4 Å². The lowest BCUT2D eigenvalue weighted by molar-refractivity contribution is -0.123. The maximum Gasteiger partial charge on any atom is 0.223 e. The van der Waals surface area contributed by atoms with Crippen LogP contribution in [0.1, 0.15) is 30.4 Å². The Morgan fingerprint density at radius 3 is 2.75 bits per heavy atom. The van der Waals surface area contributed by atoms with Crippen LogP contribution in [-0.2, 0) is 11.3 Å². The van der Waals surface area contributed by atoms with E-state index in [2.05, 4.69) is 29.7 Å². The number of carbonyl (C=O) groups excluding carboxylic acids is 1. The van der Waals surface area contributed by atoms with Crippen LogP contribution in [0.2, 0.25) is 0 Å². The number of rotatable bonds is 3. The zero-order valence-corrected chi connectivity index (χ0v) is 12.8. The van der Waals surface area contributed by atoms with Crippen molar-refractivity contribution >= 4 is 18.3 Å². The maximum atomic E-state index is 12.2. The van der Waals surface area contributed by atoms with E-state index in [0.29, 0.717) is 12.0 Å². The molecule has 1 aliphatic heterocycles. The number of carbonyl (C=O) groups is 1. The number of hydrogen-bond acceptors (Lipinski definition) is 2. The highest BCUT2D eigenvalue weighted by molar-refractivity contribution is 5.85. The van der Waals surface area contributed by atoms with Gasteiger partial charge in [0.05, 0.1) is 0 Å². The van der Waals surface area contributed by atoms with E-state index in [0.717, 1.165) is 32.4 Å². The predicted octanol–water partition coefficient (Wildman–Crippen LogP) is 2.42. The molecule has 1 unspecified atom stereocenters. The van der Waals surface area contributed by atoms with Crippen molar-refractivity contribution in [3.63, 3.8) is 0 Å². The monoisotopic (exact) mass is 294 g/mol. The second-order valence-electron chi connectivity index (χ2n) is 6.01.